The molecule has 0 aliphatic carbocycles. The van der Waals surface area contributed by atoms with Crippen LogP contribution >= 0.6 is 11.6 Å². The Hall–Kier alpha value is -2.91. The van der Waals surface area contributed by atoms with Gasteiger partial charge in [0, 0.05) is 29.9 Å². The standard InChI is InChI=1S/C23H22ClF3N4O2/c1-14-11-29-18(12-28-14)13-31-20(22(32)30-7-9-33-10-8-30)19(15(2)21(31)23(25,26)27)16-3-5-17(24)6-4-16/h3-6,11-12H,7-10,13H2,1-2H3. The number of hydrogen-bond acceptors (Lipinski definition) is 4. The van der Waals surface area contributed by atoms with E-state index < -0.39 is 17.8 Å². The second-order valence-electron chi connectivity index (χ2n) is 7.84. The lowest BCUT2D eigenvalue weighted by Gasteiger charge is -2.28. The van der Waals surface area contributed by atoms with Crippen LogP contribution in [0.4, 0.5) is 13.2 Å². The lowest BCUT2D eigenvalue weighted by molar-refractivity contribution is -0.143. The molecule has 0 saturated carbocycles. The Morgan fingerprint density at radius 3 is 2.33 bits per heavy atom. The Morgan fingerprint density at radius 1 is 1.09 bits per heavy atom. The van der Waals surface area contributed by atoms with Gasteiger partial charge >= 0.3 is 6.18 Å². The van der Waals surface area contributed by atoms with E-state index in [-0.39, 0.29) is 23.4 Å². The molecule has 1 saturated heterocycles. The van der Waals surface area contributed by atoms with Gasteiger partial charge in [-0.05, 0) is 37.1 Å². The van der Waals surface area contributed by atoms with E-state index in [0.29, 0.717) is 48.3 Å². The summed E-state index contributed by atoms with van der Waals surface area (Å²) in [6.07, 6.45) is -1.77. The molecule has 0 N–H and O–H groups in total. The van der Waals surface area contributed by atoms with Crippen molar-refractivity contribution in [3.05, 3.63) is 70.0 Å². The summed E-state index contributed by atoms with van der Waals surface area (Å²) in [7, 11) is 0. The van der Waals surface area contributed by atoms with Gasteiger partial charge in [-0.1, -0.05) is 23.7 Å². The molecule has 1 aliphatic heterocycles. The van der Waals surface area contributed by atoms with Gasteiger partial charge in [0.2, 0.25) is 0 Å². The Morgan fingerprint density at radius 2 is 1.76 bits per heavy atom. The van der Waals surface area contributed by atoms with Crippen LogP contribution in [0.5, 0.6) is 0 Å². The molecule has 1 amide bonds. The average molecular weight is 479 g/mol. The molecular formula is C23H22ClF3N4O2. The number of carbonyl (C=O) groups is 1. The van der Waals surface area contributed by atoms with Gasteiger partial charge in [-0.3, -0.25) is 14.8 Å². The van der Waals surface area contributed by atoms with E-state index in [1.807, 2.05) is 0 Å². The van der Waals surface area contributed by atoms with Crippen LogP contribution in [0.15, 0.2) is 36.7 Å². The zero-order valence-corrected chi connectivity index (χ0v) is 18.9. The van der Waals surface area contributed by atoms with Crippen molar-refractivity contribution in [2.75, 3.05) is 26.3 Å². The number of alkyl halides is 3. The van der Waals surface area contributed by atoms with Gasteiger partial charge < -0.3 is 14.2 Å². The topological polar surface area (TPSA) is 60.2 Å². The Balaban J connectivity index is 1.96. The SMILES string of the molecule is Cc1cnc(Cn2c(C(=O)N3CCOCC3)c(-c3ccc(Cl)cc3)c(C)c2C(F)(F)F)cn1. The fourth-order valence-electron chi connectivity index (χ4n) is 4.04. The third kappa shape index (κ3) is 4.74. The van der Waals surface area contributed by atoms with Crippen molar-refractivity contribution in [1.82, 2.24) is 19.4 Å². The largest absolute Gasteiger partial charge is 0.431 e. The number of amides is 1. The van der Waals surface area contributed by atoms with Crippen molar-refractivity contribution in [2.45, 2.75) is 26.6 Å². The maximum atomic E-state index is 14.3. The minimum Gasteiger partial charge on any atom is -0.378 e. The van der Waals surface area contributed by atoms with Crippen LogP contribution in [0.2, 0.25) is 5.02 Å². The second-order valence-corrected chi connectivity index (χ2v) is 8.28. The Kier molecular flexibility index (Phi) is 6.45. The smallest absolute Gasteiger partial charge is 0.378 e. The predicted octanol–water partition coefficient (Wildman–Crippen LogP) is 4.75. The zero-order valence-electron chi connectivity index (χ0n) is 18.1. The van der Waals surface area contributed by atoms with Crippen molar-refractivity contribution >= 4 is 17.5 Å². The molecule has 6 nitrogen and oxygen atoms in total. The number of ether oxygens (including phenoxy) is 1. The Bertz CT molecular complexity index is 1150. The number of aryl methyl sites for hydroxylation is 1. The molecule has 1 fully saturated rings. The zero-order chi connectivity index (χ0) is 23.8. The highest BCUT2D eigenvalue weighted by molar-refractivity contribution is 6.30. The van der Waals surface area contributed by atoms with Gasteiger partial charge in [0.25, 0.3) is 5.91 Å². The van der Waals surface area contributed by atoms with E-state index >= 15 is 0 Å². The fraction of sp³-hybridized carbons (Fsp3) is 0.348. The molecular weight excluding hydrogens is 457 g/mol. The third-order valence-corrected chi connectivity index (χ3v) is 5.82. The number of carbonyl (C=O) groups excluding carboxylic acids is 1. The number of hydrogen-bond donors (Lipinski definition) is 0. The predicted molar refractivity (Wildman–Crippen MR) is 117 cm³/mol. The molecule has 0 spiro atoms. The summed E-state index contributed by atoms with van der Waals surface area (Å²) in [6, 6.07) is 6.43. The maximum Gasteiger partial charge on any atom is 0.431 e. The molecule has 1 aliphatic rings. The number of rotatable bonds is 4. The molecule has 0 unspecified atom stereocenters. The monoisotopic (exact) mass is 478 g/mol. The lowest BCUT2D eigenvalue weighted by Crippen LogP contribution is -2.41. The quantitative estimate of drug-likeness (QED) is 0.542. The van der Waals surface area contributed by atoms with E-state index in [4.69, 9.17) is 16.3 Å². The first kappa shape index (κ1) is 23.3. The molecule has 0 radical (unpaired) electrons. The van der Waals surface area contributed by atoms with E-state index in [9.17, 15) is 18.0 Å². The summed E-state index contributed by atoms with van der Waals surface area (Å²) < 4.78 is 49.3. The van der Waals surface area contributed by atoms with Crippen molar-refractivity contribution < 1.29 is 22.7 Å². The fourth-order valence-corrected chi connectivity index (χ4v) is 4.17. The van der Waals surface area contributed by atoms with Gasteiger partial charge in [-0.2, -0.15) is 13.2 Å². The summed E-state index contributed by atoms with van der Waals surface area (Å²) in [6.45, 7) is 4.14. The van der Waals surface area contributed by atoms with Gasteiger partial charge in [0.05, 0.1) is 37.3 Å². The molecule has 33 heavy (non-hydrogen) atoms. The van der Waals surface area contributed by atoms with Crippen molar-refractivity contribution in [2.24, 2.45) is 0 Å². The molecule has 174 valence electrons. The summed E-state index contributed by atoms with van der Waals surface area (Å²) in [5.74, 6) is -0.484. The van der Waals surface area contributed by atoms with Crippen LogP contribution in [0.1, 0.15) is 33.1 Å². The number of halogens is 4. The summed E-state index contributed by atoms with van der Waals surface area (Å²) in [4.78, 5) is 23.5. The minimum atomic E-state index is -4.69. The maximum absolute atomic E-state index is 14.3. The molecule has 2 aromatic heterocycles. The molecule has 10 heteroatoms. The number of nitrogens with zero attached hydrogens (tertiary/aromatic N) is 4. The first-order chi connectivity index (χ1) is 15.7. The number of benzene rings is 1. The lowest BCUT2D eigenvalue weighted by atomic mass is 10.00. The second kappa shape index (κ2) is 9.15. The normalized spacial score (nSPS) is 14.5. The first-order valence-electron chi connectivity index (χ1n) is 10.4. The van der Waals surface area contributed by atoms with E-state index in [1.54, 1.807) is 31.2 Å². The van der Waals surface area contributed by atoms with Gasteiger partial charge in [-0.15, -0.1) is 0 Å². The van der Waals surface area contributed by atoms with Crippen molar-refractivity contribution in [1.29, 1.82) is 0 Å². The Labute approximate surface area is 194 Å². The van der Waals surface area contributed by atoms with Crippen LogP contribution in [-0.2, 0) is 17.5 Å². The highest BCUT2D eigenvalue weighted by Gasteiger charge is 2.42. The summed E-state index contributed by atoms with van der Waals surface area (Å²) in [5, 5.41) is 0.447. The molecule has 3 heterocycles. The van der Waals surface area contributed by atoms with E-state index in [1.165, 1.54) is 24.2 Å². The van der Waals surface area contributed by atoms with Crippen molar-refractivity contribution in [3.8, 4) is 11.1 Å². The highest BCUT2D eigenvalue weighted by Crippen LogP contribution is 2.42. The molecule has 0 atom stereocenters. The van der Waals surface area contributed by atoms with Gasteiger partial charge in [0.15, 0.2) is 0 Å². The van der Waals surface area contributed by atoms with Gasteiger partial charge in [0.1, 0.15) is 11.4 Å². The van der Waals surface area contributed by atoms with Crippen LogP contribution in [0.3, 0.4) is 0 Å². The van der Waals surface area contributed by atoms with Crippen LogP contribution in [-0.4, -0.2) is 51.6 Å². The summed E-state index contributed by atoms with van der Waals surface area (Å²) >= 11 is 6.00. The molecule has 4 rings (SSSR count). The number of aromatic nitrogens is 3. The third-order valence-electron chi connectivity index (χ3n) is 5.56. The van der Waals surface area contributed by atoms with E-state index in [2.05, 4.69) is 9.97 Å². The first-order valence-corrected chi connectivity index (χ1v) is 10.8. The van der Waals surface area contributed by atoms with Crippen molar-refractivity contribution in [3.63, 3.8) is 0 Å². The summed E-state index contributed by atoms with van der Waals surface area (Å²) in [5.41, 5.74) is 0.729. The average Bonchev–Trinajstić information content (AvgIpc) is 3.08. The van der Waals surface area contributed by atoms with E-state index in [0.717, 1.165) is 4.57 Å². The molecule has 3 aromatic rings. The molecule has 1 aromatic carbocycles. The van der Waals surface area contributed by atoms with Gasteiger partial charge in [-0.25, -0.2) is 0 Å². The molecule has 0 bridgehead atoms. The minimum absolute atomic E-state index is 0.0264. The van der Waals surface area contributed by atoms with Crippen LogP contribution < -0.4 is 0 Å². The van der Waals surface area contributed by atoms with Crippen LogP contribution in [0, 0.1) is 13.8 Å². The number of morpholine rings is 1. The van der Waals surface area contributed by atoms with Crippen LogP contribution in [0.25, 0.3) is 11.1 Å². The highest BCUT2D eigenvalue weighted by atomic mass is 35.5.